The number of hydrogen-bond acceptors (Lipinski definition) is 5. The van der Waals surface area contributed by atoms with Crippen LogP contribution in [-0.2, 0) is 14.8 Å². The molecule has 1 N–H and O–H groups in total. The summed E-state index contributed by atoms with van der Waals surface area (Å²) in [6.45, 7) is 5.14. The molecule has 0 aliphatic carbocycles. The van der Waals surface area contributed by atoms with Crippen LogP contribution < -0.4 is 5.32 Å². The van der Waals surface area contributed by atoms with Crippen LogP contribution in [0.4, 0.5) is 0 Å². The lowest BCUT2D eigenvalue weighted by molar-refractivity contribution is 0.0930. The predicted molar refractivity (Wildman–Crippen MR) is 96.5 cm³/mol. The first-order valence-electron chi connectivity index (χ1n) is 8.61. The van der Waals surface area contributed by atoms with Crippen LogP contribution >= 0.6 is 0 Å². The van der Waals surface area contributed by atoms with Crippen molar-refractivity contribution in [3.05, 3.63) is 41.3 Å². The van der Waals surface area contributed by atoms with Gasteiger partial charge in [-0.15, -0.1) is 0 Å². The number of rotatable bonds is 8. The van der Waals surface area contributed by atoms with Crippen LogP contribution in [0.5, 0.6) is 0 Å². The third-order valence-corrected chi connectivity index (χ3v) is 5.85. The molecule has 8 heteroatoms. The molecule has 1 aromatic rings. The van der Waals surface area contributed by atoms with Crippen LogP contribution in [0.3, 0.4) is 0 Å². The topological polar surface area (TPSA) is 99.5 Å². The summed E-state index contributed by atoms with van der Waals surface area (Å²) in [7, 11) is -3.58. The number of nitrogens with one attached hydrogen (secondary N) is 1. The Kier molecular flexibility index (Phi) is 6.77. The van der Waals surface area contributed by atoms with Gasteiger partial charge in [-0.25, -0.2) is 8.42 Å². The number of nitrogens with zero attached hydrogens (tertiary/aromatic N) is 2. The summed E-state index contributed by atoms with van der Waals surface area (Å²) in [6, 6.07) is 7.76. The Hall–Kier alpha value is -2.37. The summed E-state index contributed by atoms with van der Waals surface area (Å²) >= 11 is 0. The predicted octanol–water partition coefficient (Wildman–Crippen LogP) is 2.38. The van der Waals surface area contributed by atoms with Crippen LogP contribution in [-0.4, -0.2) is 38.3 Å². The number of hydrogen-bond donors (Lipinski definition) is 1. The Labute approximate surface area is 154 Å². The van der Waals surface area contributed by atoms with E-state index in [1.54, 1.807) is 0 Å². The fraction of sp³-hybridized carbons (Fsp3) is 0.444. The summed E-state index contributed by atoms with van der Waals surface area (Å²) in [5.74, 6) is -0.274. The highest BCUT2D eigenvalue weighted by Gasteiger charge is 2.24. The molecule has 26 heavy (non-hydrogen) atoms. The van der Waals surface area contributed by atoms with E-state index in [1.807, 2.05) is 19.9 Å². The Balaban J connectivity index is 2.17. The van der Waals surface area contributed by atoms with Gasteiger partial charge in [-0.3, -0.25) is 10.1 Å². The van der Waals surface area contributed by atoms with Crippen molar-refractivity contribution in [3.63, 3.8) is 0 Å². The molecule has 140 valence electrons. The molecule has 0 saturated heterocycles. The van der Waals surface area contributed by atoms with Gasteiger partial charge < -0.3 is 4.74 Å². The summed E-state index contributed by atoms with van der Waals surface area (Å²) in [6.07, 6.45) is 1.93. The van der Waals surface area contributed by atoms with Crippen molar-refractivity contribution >= 4 is 15.9 Å². The molecule has 1 heterocycles. The molecular weight excluding hydrogens is 354 g/mol. The lowest BCUT2D eigenvalue weighted by Gasteiger charge is -2.21. The van der Waals surface area contributed by atoms with Gasteiger partial charge in [-0.2, -0.15) is 9.57 Å². The van der Waals surface area contributed by atoms with Gasteiger partial charge >= 0.3 is 0 Å². The maximum atomic E-state index is 12.7. The Morgan fingerprint density at radius 3 is 2.38 bits per heavy atom. The van der Waals surface area contributed by atoms with Crippen molar-refractivity contribution in [1.82, 2.24) is 9.62 Å². The average Bonchev–Trinajstić information content (AvgIpc) is 3.08. The van der Waals surface area contributed by atoms with Crippen molar-refractivity contribution in [2.75, 3.05) is 19.7 Å². The molecule has 0 unspecified atom stereocenters. The summed E-state index contributed by atoms with van der Waals surface area (Å²) in [5, 5.41) is 11.5. The Morgan fingerprint density at radius 1 is 1.23 bits per heavy atom. The van der Waals surface area contributed by atoms with E-state index in [4.69, 9.17) is 10.00 Å². The molecule has 1 aromatic carbocycles. The molecule has 2 rings (SSSR count). The second-order valence-electron chi connectivity index (χ2n) is 5.90. The van der Waals surface area contributed by atoms with Crippen LogP contribution in [0.25, 0.3) is 0 Å². The maximum Gasteiger partial charge on any atom is 0.257 e. The molecule has 0 radical (unpaired) electrons. The first-order chi connectivity index (χ1) is 12.4. The molecule has 0 spiro atoms. The zero-order valence-electron chi connectivity index (χ0n) is 15.0. The molecular formula is C18H23N3O4S. The summed E-state index contributed by atoms with van der Waals surface area (Å²) in [5.41, 5.74) is 0.689. The van der Waals surface area contributed by atoms with Crippen molar-refractivity contribution in [1.29, 1.82) is 5.26 Å². The monoisotopic (exact) mass is 377 g/mol. The van der Waals surface area contributed by atoms with Gasteiger partial charge in [0, 0.05) is 25.1 Å². The molecule has 0 fully saturated rings. The van der Waals surface area contributed by atoms with Gasteiger partial charge in [-0.1, -0.05) is 13.8 Å². The zero-order valence-corrected chi connectivity index (χ0v) is 15.8. The van der Waals surface area contributed by atoms with Gasteiger partial charge in [0.15, 0.2) is 0 Å². The minimum absolute atomic E-state index is 0.157. The van der Waals surface area contributed by atoms with E-state index in [9.17, 15) is 13.2 Å². The quantitative estimate of drug-likeness (QED) is 0.750. The van der Waals surface area contributed by atoms with Gasteiger partial charge in [0.1, 0.15) is 6.07 Å². The van der Waals surface area contributed by atoms with Crippen LogP contribution in [0.2, 0.25) is 0 Å². The summed E-state index contributed by atoms with van der Waals surface area (Å²) in [4.78, 5) is 12.4. The number of nitriles is 1. The first-order valence-corrected chi connectivity index (χ1v) is 10.1. The van der Waals surface area contributed by atoms with Gasteiger partial charge in [0.05, 0.1) is 17.1 Å². The number of carbonyl (C=O) groups is 1. The molecule has 0 bridgehead atoms. The molecule has 1 aliphatic rings. The number of amides is 1. The minimum Gasteiger partial charge on any atom is -0.478 e. The van der Waals surface area contributed by atoms with E-state index in [2.05, 4.69) is 5.32 Å². The van der Waals surface area contributed by atoms with E-state index in [0.717, 1.165) is 12.8 Å². The lowest BCUT2D eigenvalue weighted by Crippen LogP contribution is -2.32. The van der Waals surface area contributed by atoms with Crippen molar-refractivity contribution in [2.24, 2.45) is 0 Å². The number of ether oxygens (including phenoxy) is 1. The van der Waals surface area contributed by atoms with Crippen molar-refractivity contribution < 1.29 is 17.9 Å². The largest absolute Gasteiger partial charge is 0.478 e. The fourth-order valence-electron chi connectivity index (χ4n) is 2.63. The van der Waals surface area contributed by atoms with E-state index < -0.39 is 15.9 Å². The zero-order chi connectivity index (χ0) is 19.2. The normalized spacial score (nSPS) is 14.2. The third kappa shape index (κ3) is 4.42. The van der Waals surface area contributed by atoms with Crippen LogP contribution in [0, 0.1) is 11.3 Å². The molecule has 0 saturated carbocycles. The van der Waals surface area contributed by atoms with Gasteiger partial charge in [0.25, 0.3) is 5.91 Å². The van der Waals surface area contributed by atoms with E-state index in [0.29, 0.717) is 37.3 Å². The van der Waals surface area contributed by atoms with Crippen molar-refractivity contribution in [3.8, 4) is 6.07 Å². The highest BCUT2D eigenvalue weighted by atomic mass is 32.2. The molecule has 1 amide bonds. The van der Waals surface area contributed by atoms with E-state index in [-0.39, 0.29) is 10.8 Å². The molecule has 1 aliphatic heterocycles. The van der Waals surface area contributed by atoms with Crippen molar-refractivity contribution in [2.45, 2.75) is 38.0 Å². The number of benzene rings is 1. The van der Waals surface area contributed by atoms with E-state index >= 15 is 0 Å². The Bertz CT molecular complexity index is 817. The van der Waals surface area contributed by atoms with E-state index in [1.165, 1.54) is 28.6 Å². The SMILES string of the molecule is CCCN(CCC)S(=O)(=O)c1ccc(C(=O)NC2=C(C#N)CCO2)cc1. The second kappa shape index (κ2) is 8.83. The number of carbonyl (C=O) groups excluding carboxylic acids is 1. The molecule has 0 aromatic heterocycles. The van der Waals surface area contributed by atoms with Gasteiger partial charge in [-0.05, 0) is 37.1 Å². The van der Waals surface area contributed by atoms with Crippen LogP contribution in [0.1, 0.15) is 43.5 Å². The Morgan fingerprint density at radius 2 is 1.85 bits per heavy atom. The van der Waals surface area contributed by atoms with Crippen LogP contribution in [0.15, 0.2) is 40.6 Å². The first kappa shape index (κ1) is 19.9. The third-order valence-electron chi connectivity index (χ3n) is 3.93. The van der Waals surface area contributed by atoms with Gasteiger partial charge in [0.2, 0.25) is 15.9 Å². The lowest BCUT2D eigenvalue weighted by atomic mass is 10.2. The number of sulfonamides is 1. The standard InChI is InChI=1S/C18H23N3O4S/c1-3-10-21(11-4-2)26(23,24)16-7-5-14(6-8-16)17(22)20-18-15(13-19)9-12-25-18/h5-8H,3-4,9-12H2,1-2H3,(H,20,22). The smallest absolute Gasteiger partial charge is 0.257 e. The fourth-order valence-corrected chi connectivity index (χ4v) is 4.25. The molecule has 0 atom stereocenters. The molecule has 7 nitrogen and oxygen atoms in total. The highest BCUT2D eigenvalue weighted by Crippen LogP contribution is 2.19. The summed E-state index contributed by atoms with van der Waals surface area (Å²) < 4.78 is 32.1. The average molecular weight is 377 g/mol. The minimum atomic E-state index is -3.58. The maximum absolute atomic E-state index is 12.7. The highest BCUT2D eigenvalue weighted by molar-refractivity contribution is 7.89. The second-order valence-corrected chi connectivity index (χ2v) is 7.84.